The van der Waals surface area contributed by atoms with Gasteiger partial charge in [-0.2, -0.15) is 13.2 Å². The minimum atomic E-state index is -4.53. The average molecular weight is 532 g/mol. The van der Waals surface area contributed by atoms with E-state index in [1.54, 1.807) is 0 Å². The van der Waals surface area contributed by atoms with Gasteiger partial charge in [-0.25, -0.2) is 4.99 Å². The summed E-state index contributed by atoms with van der Waals surface area (Å²) in [6.07, 6.45) is -3.15. The zero-order chi connectivity index (χ0) is 27.9. The van der Waals surface area contributed by atoms with Gasteiger partial charge in [-0.1, -0.05) is 35.5 Å². The molecule has 0 saturated carbocycles. The molecule has 2 aromatic heterocycles. The summed E-state index contributed by atoms with van der Waals surface area (Å²) in [4.78, 5) is 12.1. The SMILES string of the molecule is Cc1noc(C)c1-c1ccc([C@H](CN)[n+]2cc(N=C([O-])Nc3cccc(C(F)(F)F)c3)on2)cc1.O=CO. The van der Waals surface area contributed by atoms with Crippen LogP contribution in [0.25, 0.3) is 11.1 Å². The highest BCUT2D eigenvalue weighted by atomic mass is 19.4. The summed E-state index contributed by atoms with van der Waals surface area (Å²) in [5.41, 5.74) is 8.48. The van der Waals surface area contributed by atoms with Crippen LogP contribution in [0.15, 0.2) is 68.8 Å². The molecule has 200 valence electrons. The third-order valence-electron chi connectivity index (χ3n) is 5.28. The van der Waals surface area contributed by atoms with Crippen molar-refractivity contribution in [1.82, 2.24) is 10.4 Å². The molecule has 0 amide bonds. The standard InChI is InChI=1S/C23H21F3N6O3.CH2O2/c1-13-21(14(2)34-30-13)16-8-6-15(7-9-16)19(11-27)32-12-20(35-31-32)29-22(33)28-18-5-3-4-17(10-18)23(24,25)26;2-1-3/h3-10,12,19H,11,27H2,1-2H3,(H-,28,29,31,33);1H,(H,2,3)/t19-;/m0./s1. The Labute approximate surface area is 214 Å². The molecule has 0 aliphatic heterocycles. The fourth-order valence-corrected chi connectivity index (χ4v) is 3.63. The fraction of sp³-hybridized carbons (Fsp3) is 0.208. The molecule has 0 spiro atoms. The summed E-state index contributed by atoms with van der Waals surface area (Å²) in [5, 5.41) is 29.2. The summed E-state index contributed by atoms with van der Waals surface area (Å²) in [5.74, 6) is 0.575. The van der Waals surface area contributed by atoms with Crippen LogP contribution in [0.3, 0.4) is 0 Å². The molecule has 2 heterocycles. The van der Waals surface area contributed by atoms with E-state index in [2.05, 4.69) is 20.7 Å². The molecule has 38 heavy (non-hydrogen) atoms. The molecule has 0 fully saturated rings. The van der Waals surface area contributed by atoms with Gasteiger partial charge in [0.05, 0.1) is 23.8 Å². The summed E-state index contributed by atoms with van der Waals surface area (Å²) < 4.78 is 50.3. The quantitative estimate of drug-likeness (QED) is 0.146. The molecular formula is C24H23F3N6O5. The number of carbonyl (C=O) groups is 1. The Morgan fingerprint density at radius 3 is 2.50 bits per heavy atom. The van der Waals surface area contributed by atoms with E-state index >= 15 is 0 Å². The maximum atomic E-state index is 12.9. The normalized spacial score (nSPS) is 12.4. The monoisotopic (exact) mass is 532 g/mol. The highest BCUT2D eigenvalue weighted by molar-refractivity contribution is 5.87. The first kappa shape index (κ1) is 27.9. The Kier molecular flexibility index (Phi) is 8.81. The molecule has 0 radical (unpaired) electrons. The Balaban J connectivity index is 0.00000127. The van der Waals surface area contributed by atoms with E-state index < -0.39 is 23.8 Å². The molecule has 0 bridgehead atoms. The van der Waals surface area contributed by atoms with Gasteiger partial charge in [0.1, 0.15) is 5.76 Å². The molecule has 11 nitrogen and oxygen atoms in total. The summed E-state index contributed by atoms with van der Waals surface area (Å²) in [6, 6.07) is 10.5. The molecule has 2 aromatic carbocycles. The van der Waals surface area contributed by atoms with Crippen molar-refractivity contribution in [2.75, 3.05) is 11.9 Å². The van der Waals surface area contributed by atoms with Gasteiger partial charge in [0.15, 0.2) is 0 Å². The maximum absolute atomic E-state index is 12.9. The lowest BCUT2D eigenvalue weighted by Gasteiger charge is -2.14. The lowest BCUT2D eigenvalue weighted by Crippen LogP contribution is -2.45. The highest BCUT2D eigenvalue weighted by Gasteiger charge is 2.30. The Bertz CT molecular complexity index is 1380. The van der Waals surface area contributed by atoms with Crippen LogP contribution >= 0.6 is 0 Å². The van der Waals surface area contributed by atoms with Crippen molar-refractivity contribution < 1.29 is 41.9 Å². The summed E-state index contributed by atoms with van der Waals surface area (Å²) in [6.45, 7) is 3.63. The maximum Gasteiger partial charge on any atom is 0.416 e. The molecule has 14 heteroatoms. The van der Waals surface area contributed by atoms with Gasteiger partial charge < -0.3 is 25.8 Å². The van der Waals surface area contributed by atoms with Gasteiger partial charge in [0, 0.05) is 16.8 Å². The number of aryl methyl sites for hydroxylation is 2. The van der Waals surface area contributed by atoms with E-state index in [1.807, 2.05) is 38.1 Å². The second-order valence-corrected chi connectivity index (χ2v) is 7.82. The first-order valence-corrected chi connectivity index (χ1v) is 11.0. The molecule has 0 aliphatic carbocycles. The number of hydrogen-bond acceptors (Lipinski definition) is 8. The number of hydrogen-bond donors (Lipinski definition) is 3. The topological polar surface area (TPSA) is 167 Å². The van der Waals surface area contributed by atoms with Gasteiger partial charge >= 0.3 is 12.1 Å². The van der Waals surface area contributed by atoms with Crippen molar-refractivity contribution in [1.29, 1.82) is 0 Å². The number of rotatable bonds is 6. The van der Waals surface area contributed by atoms with E-state index in [9.17, 15) is 18.3 Å². The second kappa shape index (κ2) is 12.0. The smallest absolute Gasteiger partial charge is 0.416 e. The Morgan fingerprint density at radius 1 is 1.24 bits per heavy atom. The van der Waals surface area contributed by atoms with E-state index in [4.69, 9.17) is 24.7 Å². The number of anilines is 1. The molecule has 1 atom stereocenters. The van der Waals surface area contributed by atoms with Gasteiger partial charge in [0.2, 0.25) is 11.3 Å². The number of nitrogens with one attached hydrogen (secondary N) is 1. The number of aromatic nitrogens is 3. The second-order valence-electron chi connectivity index (χ2n) is 7.82. The van der Waals surface area contributed by atoms with Crippen LogP contribution in [0.5, 0.6) is 0 Å². The molecule has 0 aliphatic rings. The minimum Gasteiger partial charge on any atom is -0.846 e. The zero-order valence-electron chi connectivity index (χ0n) is 20.1. The van der Waals surface area contributed by atoms with Crippen LogP contribution in [-0.4, -0.2) is 34.6 Å². The van der Waals surface area contributed by atoms with E-state index in [0.29, 0.717) is 5.76 Å². The molecular weight excluding hydrogens is 509 g/mol. The first-order chi connectivity index (χ1) is 18.1. The lowest BCUT2D eigenvalue weighted by atomic mass is 10.00. The number of halogens is 3. The van der Waals surface area contributed by atoms with Crippen molar-refractivity contribution in [3.8, 4) is 11.1 Å². The van der Waals surface area contributed by atoms with Crippen molar-refractivity contribution in [3.63, 3.8) is 0 Å². The largest absolute Gasteiger partial charge is 0.846 e. The Hall–Kier alpha value is -4.72. The third-order valence-corrected chi connectivity index (χ3v) is 5.28. The van der Waals surface area contributed by atoms with Crippen LogP contribution in [0.1, 0.15) is 28.6 Å². The molecule has 4 N–H and O–H groups in total. The average Bonchev–Trinajstić information content (AvgIpc) is 3.46. The van der Waals surface area contributed by atoms with Crippen molar-refractivity contribution in [2.45, 2.75) is 26.1 Å². The summed E-state index contributed by atoms with van der Waals surface area (Å²) >= 11 is 0. The number of nitrogens with two attached hydrogens (primary N) is 1. The number of benzene rings is 2. The molecule has 4 aromatic rings. The number of alkyl halides is 3. The van der Waals surface area contributed by atoms with Crippen molar-refractivity contribution in [3.05, 3.63) is 77.3 Å². The lowest BCUT2D eigenvalue weighted by molar-refractivity contribution is -0.775. The van der Waals surface area contributed by atoms with Gasteiger partial charge in [0.25, 0.3) is 12.7 Å². The number of aliphatic imine (C=N–C) groups is 1. The Morgan fingerprint density at radius 2 is 1.92 bits per heavy atom. The summed E-state index contributed by atoms with van der Waals surface area (Å²) in [7, 11) is 0. The van der Waals surface area contributed by atoms with E-state index in [-0.39, 0.29) is 24.6 Å². The van der Waals surface area contributed by atoms with E-state index in [0.717, 1.165) is 34.5 Å². The van der Waals surface area contributed by atoms with E-state index in [1.165, 1.54) is 23.0 Å². The highest BCUT2D eigenvalue weighted by Crippen LogP contribution is 2.31. The predicted molar refractivity (Wildman–Crippen MR) is 126 cm³/mol. The van der Waals surface area contributed by atoms with Crippen molar-refractivity contribution >= 4 is 24.1 Å². The predicted octanol–water partition coefficient (Wildman–Crippen LogP) is 2.96. The third kappa shape index (κ3) is 6.73. The number of amidine groups is 1. The van der Waals surface area contributed by atoms with Crippen LogP contribution < -0.4 is 20.8 Å². The van der Waals surface area contributed by atoms with Gasteiger partial charge in [-0.3, -0.25) is 9.32 Å². The molecule has 0 unspecified atom stereocenters. The zero-order valence-corrected chi connectivity index (χ0v) is 20.1. The van der Waals surface area contributed by atoms with Crippen LogP contribution in [-0.2, 0) is 11.0 Å². The fourth-order valence-electron chi connectivity index (χ4n) is 3.63. The molecule has 0 saturated heterocycles. The molecule has 4 rings (SSSR count). The van der Waals surface area contributed by atoms with Gasteiger partial charge in [-0.15, -0.1) is 0 Å². The van der Waals surface area contributed by atoms with Gasteiger partial charge in [-0.05, 0) is 42.3 Å². The van der Waals surface area contributed by atoms with Crippen molar-refractivity contribution in [2.24, 2.45) is 10.7 Å². The minimum absolute atomic E-state index is 0.0563. The first-order valence-electron chi connectivity index (χ1n) is 11.0. The van der Waals surface area contributed by atoms with Crippen LogP contribution in [0, 0.1) is 13.8 Å². The number of carboxylic acid groups (broad SMARTS) is 1. The van der Waals surface area contributed by atoms with Crippen LogP contribution in [0.4, 0.5) is 24.7 Å². The van der Waals surface area contributed by atoms with Crippen LogP contribution in [0.2, 0.25) is 0 Å². The number of nitrogens with zero attached hydrogens (tertiary/aromatic N) is 4.